The van der Waals surface area contributed by atoms with Crippen LogP contribution in [0.25, 0.3) is 0 Å². The summed E-state index contributed by atoms with van der Waals surface area (Å²) >= 11 is 5.78. The molecule has 0 aromatic heterocycles. The van der Waals surface area contributed by atoms with E-state index in [1.807, 2.05) is 4.90 Å². The third-order valence-electron chi connectivity index (χ3n) is 3.11. The lowest BCUT2D eigenvalue weighted by Crippen LogP contribution is -2.53. The normalized spacial score (nSPS) is 17.7. The zero-order valence-electron chi connectivity index (χ0n) is 10.6. The minimum atomic E-state index is -0.346. The van der Waals surface area contributed by atoms with Gasteiger partial charge in [-0.1, -0.05) is 11.6 Å². The summed E-state index contributed by atoms with van der Waals surface area (Å²) in [6.07, 6.45) is 0. The van der Waals surface area contributed by atoms with Crippen LogP contribution in [-0.4, -0.2) is 42.4 Å². The Morgan fingerprint density at radius 3 is 2.74 bits per heavy atom. The first-order chi connectivity index (χ1) is 9.06. The first kappa shape index (κ1) is 13.8. The molecular weight excluding hydrogens is 266 g/mol. The lowest BCUT2D eigenvalue weighted by atomic mass is 10.2. The SMILES string of the molecule is C[C@H](C(=O)Nc1ccc(Cl)cc1)N1CCNC(=O)C1. The Labute approximate surface area is 116 Å². The summed E-state index contributed by atoms with van der Waals surface area (Å²) in [5, 5.41) is 6.17. The third-order valence-corrected chi connectivity index (χ3v) is 3.36. The van der Waals surface area contributed by atoms with E-state index in [1.165, 1.54) is 0 Å². The number of nitrogens with zero attached hydrogens (tertiary/aromatic N) is 1. The van der Waals surface area contributed by atoms with Crippen LogP contribution in [0, 0.1) is 0 Å². The lowest BCUT2D eigenvalue weighted by molar-refractivity contribution is -0.127. The van der Waals surface area contributed by atoms with Crippen LogP contribution in [0.2, 0.25) is 5.02 Å². The highest BCUT2D eigenvalue weighted by atomic mass is 35.5. The van der Waals surface area contributed by atoms with Crippen molar-refractivity contribution in [2.75, 3.05) is 25.0 Å². The molecule has 1 saturated heterocycles. The quantitative estimate of drug-likeness (QED) is 0.872. The number of piperazine rings is 1. The summed E-state index contributed by atoms with van der Waals surface area (Å²) in [6, 6.07) is 6.58. The molecule has 2 N–H and O–H groups in total. The Morgan fingerprint density at radius 1 is 1.42 bits per heavy atom. The van der Waals surface area contributed by atoms with Crippen molar-refractivity contribution in [3.05, 3.63) is 29.3 Å². The molecule has 0 aliphatic carbocycles. The van der Waals surface area contributed by atoms with E-state index in [-0.39, 0.29) is 24.4 Å². The maximum atomic E-state index is 12.1. The fourth-order valence-electron chi connectivity index (χ4n) is 1.93. The molecule has 1 heterocycles. The summed E-state index contributed by atoms with van der Waals surface area (Å²) in [7, 11) is 0. The number of anilines is 1. The summed E-state index contributed by atoms with van der Waals surface area (Å²) in [4.78, 5) is 25.2. The monoisotopic (exact) mass is 281 g/mol. The molecule has 0 radical (unpaired) electrons. The molecule has 6 heteroatoms. The highest BCUT2D eigenvalue weighted by Gasteiger charge is 2.25. The van der Waals surface area contributed by atoms with Crippen molar-refractivity contribution in [1.29, 1.82) is 0 Å². The highest BCUT2D eigenvalue weighted by Crippen LogP contribution is 2.14. The predicted molar refractivity (Wildman–Crippen MR) is 74.1 cm³/mol. The Morgan fingerprint density at radius 2 is 2.11 bits per heavy atom. The van der Waals surface area contributed by atoms with Crippen LogP contribution >= 0.6 is 11.6 Å². The van der Waals surface area contributed by atoms with Crippen molar-refractivity contribution in [2.24, 2.45) is 0 Å². The molecule has 0 bridgehead atoms. The molecule has 1 aliphatic heterocycles. The van der Waals surface area contributed by atoms with E-state index in [4.69, 9.17) is 11.6 Å². The number of benzene rings is 1. The number of amides is 2. The van der Waals surface area contributed by atoms with Crippen LogP contribution in [0.4, 0.5) is 5.69 Å². The first-order valence-corrected chi connectivity index (χ1v) is 6.51. The predicted octanol–water partition coefficient (Wildman–Crippen LogP) is 1.10. The molecule has 5 nitrogen and oxygen atoms in total. The minimum absolute atomic E-state index is 0.0441. The number of nitrogens with one attached hydrogen (secondary N) is 2. The first-order valence-electron chi connectivity index (χ1n) is 6.13. The molecule has 2 rings (SSSR count). The van der Waals surface area contributed by atoms with Gasteiger partial charge in [-0.3, -0.25) is 14.5 Å². The maximum Gasteiger partial charge on any atom is 0.241 e. The molecule has 0 spiro atoms. The van der Waals surface area contributed by atoms with Crippen LogP contribution in [0.15, 0.2) is 24.3 Å². The average Bonchev–Trinajstić information content (AvgIpc) is 2.40. The Hall–Kier alpha value is -1.59. The van der Waals surface area contributed by atoms with Gasteiger partial charge in [0.1, 0.15) is 0 Å². The van der Waals surface area contributed by atoms with Crippen LogP contribution < -0.4 is 10.6 Å². The summed E-state index contributed by atoms with van der Waals surface area (Å²) in [5.41, 5.74) is 0.697. The van der Waals surface area contributed by atoms with Crippen molar-refractivity contribution < 1.29 is 9.59 Å². The van der Waals surface area contributed by atoms with E-state index in [2.05, 4.69) is 10.6 Å². The lowest BCUT2D eigenvalue weighted by Gasteiger charge is -2.31. The van der Waals surface area contributed by atoms with E-state index in [0.717, 1.165) is 0 Å². The Balaban J connectivity index is 1.95. The number of carbonyl (C=O) groups is 2. The second-order valence-electron chi connectivity index (χ2n) is 4.49. The molecule has 1 fully saturated rings. The van der Waals surface area contributed by atoms with Gasteiger partial charge in [-0.2, -0.15) is 0 Å². The number of halogens is 1. The van der Waals surface area contributed by atoms with E-state index in [1.54, 1.807) is 31.2 Å². The molecule has 1 aromatic carbocycles. The highest BCUT2D eigenvalue weighted by molar-refractivity contribution is 6.30. The second kappa shape index (κ2) is 6.04. The standard InChI is InChI=1S/C13H16ClN3O2/c1-9(17-7-6-15-12(18)8-17)13(19)16-11-4-2-10(14)3-5-11/h2-5,9H,6-8H2,1H3,(H,15,18)(H,16,19)/t9-/m1/s1. The minimum Gasteiger partial charge on any atom is -0.354 e. The molecule has 1 aromatic rings. The number of carbonyl (C=O) groups excluding carboxylic acids is 2. The van der Waals surface area contributed by atoms with Gasteiger partial charge in [0.15, 0.2) is 0 Å². The molecule has 102 valence electrons. The van der Waals surface area contributed by atoms with Gasteiger partial charge in [0, 0.05) is 23.8 Å². The zero-order valence-corrected chi connectivity index (χ0v) is 11.4. The average molecular weight is 282 g/mol. The van der Waals surface area contributed by atoms with E-state index >= 15 is 0 Å². The van der Waals surface area contributed by atoms with Gasteiger partial charge < -0.3 is 10.6 Å². The van der Waals surface area contributed by atoms with Crippen LogP contribution in [0.1, 0.15) is 6.92 Å². The van der Waals surface area contributed by atoms with E-state index < -0.39 is 0 Å². The van der Waals surface area contributed by atoms with Gasteiger partial charge in [0.25, 0.3) is 0 Å². The van der Waals surface area contributed by atoms with Gasteiger partial charge in [-0.15, -0.1) is 0 Å². The van der Waals surface area contributed by atoms with Gasteiger partial charge >= 0.3 is 0 Å². The van der Waals surface area contributed by atoms with E-state index in [9.17, 15) is 9.59 Å². The van der Waals surface area contributed by atoms with Crippen molar-refractivity contribution >= 4 is 29.1 Å². The molecule has 1 atom stereocenters. The van der Waals surface area contributed by atoms with Crippen LogP contribution in [0.5, 0.6) is 0 Å². The van der Waals surface area contributed by atoms with Gasteiger partial charge in [0.2, 0.25) is 11.8 Å². The largest absolute Gasteiger partial charge is 0.354 e. The Bertz CT molecular complexity index is 475. The van der Waals surface area contributed by atoms with Gasteiger partial charge in [-0.25, -0.2) is 0 Å². The number of hydrogen-bond donors (Lipinski definition) is 2. The molecule has 0 saturated carbocycles. The van der Waals surface area contributed by atoms with Gasteiger partial charge in [-0.05, 0) is 31.2 Å². The molecular formula is C13H16ClN3O2. The van der Waals surface area contributed by atoms with E-state index in [0.29, 0.717) is 23.8 Å². The number of rotatable bonds is 3. The topological polar surface area (TPSA) is 61.4 Å². The van der Waals surface area contributed by atoms with Crippen molar-refractivity contribution in [3.8, 4) is 0 Å². The second-order valence-corrected chi connectivity index (χ2v) is 4.93. The fraction of sp³-hybridized carbons (Fsp3) is 0.385. The molecule has 1 aliphatic rings. The molecule has 2 amide bonds. The summed E-state index contributed by atoms with van der Waals surface area (Å²) in [5.74, 6) is -0.172. The summed E-state index contributed by atoms with van der Waals surface area (Å²) < 4.78 is 0. The van der Waals surface area contributed by atoms with Crippen LogP contribution in [-0.2, 0) is 9.59 Å². The van der Waals surface area contributed by atoms with Crippen molar-refractivity contribution in [1.82, 2.24) is 10.2 Å². The van der Waals surface area contributed by atoms with Crippen molar-refractivity contribution in [3.63, 3.8) is 0 Å². The zero-order chi connectivity index (χ0) is 13.8. The Kier molecular flexibility index (Phi) is 4.39. The maximum absolute atomic E-state index is 12.1. The van der Waals surface area contributed by atoms with Gasteiger partial charge in [0.05, 0.1) is 12.6 Å². The molecule has 0 unspecified atom stereocenters. The number of hydrogen-bond acceptors (Lipinski definition) is 3. The van der Waals surface area contributed by atoms with Crippen LogP contribution in [0.3, 0.4) is 0 Å². The molecule has 19 heavy (non-hydrogen) atoms. The summed E-state index contributed by atoms with van der Waals surface area (Å²) in [6.45, 7) is 3.32. The smallest absolute Gasteiger partial charge is 0.241 e. The van der Waals surface area contributed by atoms with Crippen molar-refractivity contribution in [2.45, 2.75) is 13.0 Å². The third kappa shape index (κ3) is 3.68. The fourth-order valence-corrected chi connectivity index (χ4v) is 2.06.